The molecule has 5 heteroatoms. The Morgan fingerprint density at radius 2 is 1.64 bits per heavy atom. The summed E-state index contributed by atoms with van der Waals surface area (Å²) in [7, 11) is 0. The van der Waals surface area contributed by atoms with Crippen LogP contribution in [0.4, 0.5) is 0 Å². The molecule has 0 amide bonds. The molecule has 3 aromatic rings. The van der Waals surface area contributed by atoms with Crippen molar-refractivity contribution in [2.75, 3.05) is 6.61 Å². The molecular formula is C20H21N3O2. The summed E-state index contributed by atoms with van der Waals surface area (Å²) in [4.78, 5) is 12.1. The summed E-state index contributed by atoms with van der Waals surface area (Å²) in [6, 6.07) is 19.7. The van der Waals surface area contributed by atoms with Gasteiger partial charge in [-0.05, 0) is 6.42 Å². The average molecular weight is 335 g/mol. The highest BCUT2D eigenvalue weighted by molar-refractivity contribution is 5.79. The third-order valence-electron chi connectivity index (χ3n) is 3.87. The average Bonchev–Trinajstić information content (AvgIpc) is 3.07. The Morgan fingerprint density at radius 3 is 2.28 bits per heavy atom. The lowest BCUT2D eigenvalue weighted by molar-refractivity contribution is -0.144. The molecule has 0 unspecified atom stereocenters. The third kappa shape index (κ3) is 4.12. The molecule has 0 saturated carbocycles. The van der Waals surface area contributed by atoms with Crippen LogP contribution in [0.3, 0.4) is 0 Å². The van der Waals surface area contributed by atoms with Crippen LogP contribution in [-0.4, -0.2) is 27.6 Å². The first-order valence-corrected chi connectivity index (χ1v) is 8.49. The molecule has 0 spiro atoms. The zero-order chi connectivity index (χ0) is 17.5. The van der Waals surface area contributed by atoms with Gasteiger partial charge in [-0.2, -0.15) is 0 Å². The summed E-state index contributed by atoms with van der Waals surface area (Å²) in [5, 5.41) is 8.52. The van der Waals surface area contributed by atoms with E-state index in [4.69, 9.17) is 4.74 Å². The molecule has 0 aliphatic carbocycles. The van der Waals surface area contributed by atoms with E-state index in [1.807, 2.05) is 60.7 Å². The van der Waals surface area contributed by atoms with Crippen LogP contribution in [-0.2, 0) is 16.1 Å². The van der Waals surface area contributed by atoms with Crippen molar-refractivity contribution in [2.24, 2.45) is 0 Å². The molecule has 1 aromatic heterocycles. The summed E-state index contributed by atoms with van der Waals surface area (Å²) in [5.74, 6) is -0.296. The van der Waals surface area contributed by atoms with E-state index in [-0.39, 0.29) is 12.5 Å². The molecule has 1 heterocycles. The van der Waals surface area contributed by atoms with E-state index >= 15 is 0 Å². The number of aromatic nitrogens is 3. The number of hydrogen-bond acceptors (Lipinski definition) is 4. The Labute approximate surface area is 147 Å². The van der Waals surface area contributed by atoms with E-state index in [0.717, 1.165) is 35.4 Å². The second-order valence-corrected chi connectivity index (χ2v) is 5.75. The fourth-order valence-electron chi connectivity index (χ4n) is 2.59. The minimum Gasteiger partial charge on any atom is -0.464 e. The molecule has 3 rings (SSSR count). The Balaban J connectivity index is 1.93. The van der Waals surface area contributed by atoms with Crippen LogP contribution in [0, 0.1) is 0 Å². The molecule has 2 aromatic carbocycles. The van der Waals surface area contributed by atoms with Gasteiger partial charge in [-0.1, -0.05) is 79.2 Å². The smallest absolute Gasteiger partial charge is 0.327 e. The van der Waals surface area contributed by atoms with Gasteiger partial charge in [0, 0.05) is 11.1 Å². The van der Waals surface area contributed by atoms with E-state index in [0.29, 0.717) is 6.61 Å². The number of benzene rings is 2. The molecule has 0 N–H and O–H groups in total. The Morgan fingerprint density at radius 1 is 1.00 bits per heavy atom. The fourth-order valence-corrected chi connectivity index (χ4v) is 2.59. The number of carbonyl (C=O) groups is 1. The third-order valence-corrected chi connectivity index (χ3v) is 3.87. The van der Waals surface area contributed by atoms with E-state index in [1.54, 1.807) is 4.68 Å². The summed E-state index contributed by atoms with van der Waals surface area (Å²) in [5.41, 5.74) is 3.51. The minimum atomic E-state index is -0.296. The summed E-state index contributed by atoms with van der Waals surface area (Å²) in [6.45, 7) is 2.55. The van der Waals surface area contributed by atoms with Gasteiger partial charge < -0.3 is 4.74 Å². The number of ether oxygens (including phenoxy) is 1. The van der Waals surface area contributed by atoms with Crippen LogP contribution < -0.4 is 0 Å². The summed E-state index contributed by atoms with van der Waals surface area (Å²) >= 11 is 0. The van der Waals surface area contributed by atoms with Gasteiger partial charge in [0.2, 0.25) is 0 Å². The first kappa shape index (κ1) is 16.9. The molecule has 128 valence electrons. The zero-order valence-electron chi connectivity index (χ0n) is 14.3. The second kappa shape index (κ2) is 8.24. The molecule has 0 aliphatic heterocycles. The van der Waals surface area contributed by atoms with Crippen LogP contribution in [0.2, 0.25) is 0 Å². The van der Waals surface area contributed by atoms with E-state index in [9.17, 15) is 4.79 Å². The van der Waals surface area contributed by atoms with Crippen molar-refractivity contribution in [3.05, 3.63) is 60.7 Å². The maximum absolute atomic E-state index is 12.1. The quantitative estimate of drug-likeness (QED) is 0.484. The number of unbranched alkanes of at least 4 members (excludes halogenated alkanes) is 1. The zero-order valence-corrected chi connectivity index (χ0v) is 14.3. The van der Waals surface area contributed by atoms with Gasteiger partial charge in [0.05, 0.1) is 12.3 Å². The van der Waals surface area contributed by atoms with Crippen molar-refractivity contribution in [3.8, 4) is 22.5 Å². The Hall–Kier alpha value is -2.95. The minimum absolute atomic E-state index is 0.0494. The van der Waals surface area contributed by atoms with Crippen molar-refractivity contribution < 1.29 is 9.53 Å². The Kier molecular flexibility index (Phi) is 5.57. The highest BCUT2D eigenvalue weighted by Gasteiger charge is 2.18. The normalized spacial score (nSPS) is 10.6. The van der Waals surface area contributed by atoms with Crippen LogP contribution in [0.1, 0.15) is 19.8 Å². The van der Waals surface area contributed by atoms with Gasteiger partial charge in [-0.15, -0.1) is 5.10 Å². The van der Waals surface area contributed by atoms with Crippen LogP contribution in [0.15, 0.2) is 60.7 Å². The lowest BCUT2D eigenvalue weighted by Gasteiger charge is -2.09. The highest BCUT2D eigenvalue weighted by atomic mass is 16.5. The molecule has 25 heavy (non-hydrogen) atoms. The second-order valence-electron chi connectivity index (χ2n) is 5.75. The number of hydrogen-bond donors (Lipinski definition) is 0. The topological polar surface area (TPSA) is 57.0 Å². The monoisotopic (exact) mass is 335 g/mol. The molecule has 0 bridgehead atoms. The molecule has 0 radical (unpaired) electrons. The maximum atomic E-state index is 12.1. The van der Waals surface area contributed by atoms with Crippen molar-refractivity contribution in [1.82, 2.24) is 15.0 Å². The van der Waals surface area contributed by atoms with Crippen molar-refractivity contribution in [1.29, 1.82) is 0 Å². The predicted octanol–water partition coefficient (Wildman–Crippen LogP) is 3.96. The van der Waals surface area contributed by atoms with Crippen molar-refractivity contribution >= 4 is 5.97 Å². The van der Waals surface area contributed by atoms with Crippen molar-refractivity contribution in [3.63, 3.8) is 0 Å². The van der Waals surface area contributed by atoms with Gasteiger partial charge in [-0.3, -0.25) is 4.79 Å². The first-order chi connectivity index (χ1) is 12.3. The fraction of sp³-hybridized carbons (Fsp3) is 0.250. The molecule has 0 fully saturated rings. The first-order valence-electron chi connectivity index (χ1n) is 8.49. The summed E-state index contributed by atoms with van der Waals surface area (Å²) in [6.07, 6.45) is 1.86. The van der Waals surface area contributed by atoms with Gasteiger partial charge in [0.1, 0.15) is 12.2 Å². The SMILES string of the molecule is CCCCOC(=O)Cn1nnc(-c2ccccc2)c1-c1ccccc1. The number of rotatable bonds is 7. The highest BCUT2D eigenvalue weighted by Crippen LogP contribution is 2.29. The van der Waals surface area contributed by atoms with Gasteiger partial charge >= 0.3 is 5.97 Å². The van der Waals surface area contributed by atoms with E-state index in [2.05, 4.69) is 17.2 Å². The molecule has 0 saturated heterocycles. The molecule has 5 nitrogen and oxygen atoms in total. The van der Waals surface area contributed by atoms with E-state index in [1.165, 1.54) is 0 Å². The van der Waals surface area contributed by atoms with Crippen molar-refractivity contribution in [2.45, 2.75) is 26.3 Å². The largest absolute Gasteiger partial charge is 0.464 e. The number of carbonyl (C=O) groups excluding carboxylic acids is 1. The number of esters is 1. The lowest BCUT2D eigenvalue weighted by atomic mass is 10.0. The Bertz CT molecular complexity index is 813. The molecular weight excluding hydrogens is 314 g/mol. The van der Waals surface area contributed by atoms with Gasteiger partial charge in [0.15, 0.2) is 0 Å². The molecule has 0 atom stereocenters. The lowest BCUT2D eigenvalue weighted by Crippen LogP contribution is -2.16. The van der Waals surface area contributed by atoms with Crippen LogP contribution in [0.25, 0.3) is 22.5 Å². The summed E-state index contributed by atoms with van der Waals surface area (Å²) < 4.78 is 6.88. The molecule has 0 aliphatic rings. The van der Waals surface area contributed by atoms with Gasteiger partial charge in [-0.25, -0.2) is 4.68 Å². The van der Waals surface area contributed by atoms with Gasteiger partial charge in [0.25, 0.3) is 0 Å². The van der Waals surface area contributed by atoms with Crippen LogP contribution in [0.5, 0.6) is 0 Å². The van der Waals surface area contributed by atoms with Crippen LogP contribution >= 0.6 is 0 Å². The number of nitrogens with zero attached hydrogens (tertiary/aromatic N) is 3. The standard InChI is InChI=1S/C20H21N3O2/c1-2-3-14-25-18(24)15-23-20(17-12-8-5-9-13-17)19(21-22-23)16-10-6-4-7-11-16/h4-13H,2-3,14-15H2,1H3. The van der Waals surface area contributed by atoms with E-state index < -0.39 is 0 Å². The maximum Gasteiger partial charge on any atom is 0.327 e. The predicted molar refractivity (Wildman–Crippen MR) is 96.8 cm³/mol.